The van der Waals surface area contributed by atoms with Crippen molar-refractivity contribution in [1.82, 2.24) is 4.90 Å². The summed E-state index contributed by atoms with van der Waals surface area (Å²) in [4.78, 5) is 13.1. The average Bonchev–Trinajstić information content (AvgIpc) is 2.63. The molecule has 4 nitrogen and oxygen atoms in total. The molecule has 0 radical (unpaired) electrons. The number of carbonyl (C=O) groups excluding carboxylic acids is 1. The Morgan fingerprint density at radius 1 is 1.77 bits per heavy atom. The standard InChI is InChI=1S/C9H15NO3/c1-7(6-11)9(12)10-4-3-8(5-10)13-2/h8,11H,1,3-6H2,2H3. The SMILES string of the molecule is C=C(CO)C(=O)N1CCC(OC)C1. The number of hydrogen-bond acceptors (Lipinski definition) is 3. The predicted molar refractivity (Wildman–Crippen MR) is 48.2 cm³/mol. The molecule has 1 N–H and O–H groups in total. The van der Waals surface area contributed by atoms with Crippen LogP contribution < -0.4 is 0 Å². The fourth-order valence-corrected chi connectivity index (χ4v) is 1.40. The Balaban J connectivity index is 2.46. The molecule has 1 atom stereocenters. The van der Waals surface area contributed by atoms with Crippen molar-refractivity contribution < 1.29 is 14.6 Å². The number of methoxy groups -OCH3 is 1. The van der Waals surface area contributed by atoms with E-state index in [1.807, 2.05) is 0 Å². The summed E-state index contributed by atoms with van der Waals surface area (Å²) in [6.07, 6.45) is 0.997. The van der Waals surface area contributed by atoms with Gasteiger partial charge >= 0.3 is 0 Å². The van der Waals surface area contributed by atoms with Gasteiger partial charge < -0.3 is 14.7 Å². The van der Waals surface area contributed by atoms with Gasteiger partial charge in [0.25, 0.3) is 5.91 Å². The van der Waals surface area contributed by atoms with Crippen molar-refractivity contribution >= 4 is 5.91 Å². The van der Waals surface area contributed by atoms with Crippen LogP contribution >= 0.6 is 0 Å². The maximum Gasteiger partial charge on any atom is 0.251 e. The van der Waals surface area contributed by atoms with Crippen molar-refractivity contribution in [3.8, 4) is 0 Å². The van der Waals surface area contributed by atoms with Crippen LogP contribution in [-0.4, -0.2) is 48.8 Å². The summed E-state index contributed by atoms with van der Waals surface area (Å²) in [5, 5.41) is 8.71. The van der Waals surface area contributed by atoms with Gasteiger partial charge in [-0.25, -0.2) is 0 Å². The lowest BCUT2D eigenvalue weighted by Gasteiger charge is -2.16. The van der Waals surface area contributed by atoms with E-state index in [1.54, 1.807) is 12.0 Å². The van der Waals surface area contributed by atoms with Gasteiger partial charge in [-0.3, -0.25) is 4.79 Å². The van der Waals surface area contributed by atoms with Crippen molar-refractivity contribution in [2.75, 3.05) is 26.8 Å². The van der Waals surface area contributed by atoms with Gasteiger partial charge in [0.15, 0.2) is 0 Å². The molecule has 0 aromatic rings. The molecule has 0 bridgehead atoms. The van der Waals surface area contributed by atoms with Gasteiger partial charge in [-0.15, -0.1) is 0 Å². The molecule has 1 fully saturated rings. The Morgan fingerprint density at radius 2 is 2.46 bits per heavy atom. The van der Waals surface area contributed by atoms with E-state index in [9.17, 15) is 4.79 Å². The maximum absolute atomic E-state index is 11.4. The first-order chi connectivity index (χ1) is 6.19. The van der Waals surface area contributed by atoms with Gasteiger partial charge in [0, 0.05) is 25.8 Å². The number of ether oxygens (including phenoxy) is 1. The highest BCUT2D eigenvalue weighted by Gasteiger charge is 2.26. The third kappa shape index (κ3) is 2.29. The molecule has 1 heterocycles. The summed E-state index contributed by atoms with van der Waals surface area (Å²) in [7, 11) is 1.64. The minimum atomic E-state index is -0.271. The molecule has 0 aliphatic carbocycles. The molecule has 1 unspecified atom stereocenters. The molecule has 1 rings (SSSR count). The summed E-state index contributed by atoms with van der Waals surface area (Å²) in [6, 6.07) is 0. The first-order valence-electron chi connectivity index (χ1n) is 4.29. The molecule has 0 aromatic heterocycles. The van der Waals surface area contributed by atoms with Crippen LogP contribution in [-0.2, 0) is 9.53 Å². The van der Waals surface area contributed by atoms with Crippen molar-refractivity contribution in [3.05, 3.63) is 12.2 Å². The van der Waals surface area contributed by atoms with Crippen molar-refractivity contribution in [1.29, 1.82) is 0 Å². The third-order valence-corrected chi connectivity index (χ3v) is 2.26. The molecule has 0 saturated carbocycles. The molecule has 1 aliphatic rings. The van der Waals surface area contributed by atoms with Crippen molar-refractivity contribution in [2.45, 2.75) is 12.5 Å². The highest BCUT2D eigenvalue weighted by Crippen LogP contribution is 2.13. The molecule has 74 valence electrons. The van der Waals surface area contributed by atoms with Gasteiger partial charge in [0.1, 0.15) is 0 Å². The van der Waals surface area contributed by atoms with E-state index in [1.165, 1.54) is 0 Å². The zero-order valence-corrected chi connectivity index (χ0v) is 7.82. The molecular weight excluding hydrogens is 170 g/mol. The van der Waals surface area contributed by atoms with E-state index in [0.29, 0.717) is 13.1 Å². The quantitative estimate of drug-likeness (QED) is 0.618. The third-order valence-electron chi connectivity index (χ3n) is 2.26. The minimum Gasteiger partial charge on any atom is -0.391 e. The topological polar surface area (TPSA) is 49.8 Å². The van der Waals surface area contributed by atoms with Gasteiger partial charge in [0.2, 0.25) is 0 Å². The van der Waals surface area contributed by atoms with Crippen LogP contribution in [0.2, 0.25) is 0 Å². The van der Waals surface area contributed by atoms with Crippen LogP contribution in [0.1, 0.15) is 6.42 Å². The summed E-state index contributed by atoms with van der Waals surface area (Å²) in [6.45, 7) is 4.51. The highest BCUT2D eigenvalue weighted by molar-refractivity contribution is 5.93. The first kappa shape index (κ1) is 10.2. The van der Waals surface area contributed by atoms with Crippen LogP contribution in [0.3, 0.4) is 0 Å². The van der Waals surface area contributed by atoms with Crippen LogP contribution in [0, 0.1) is 0 Å². The largest absolute Gasteiger partial charge is 0.391 e. The molecule has 1 aliphatic heterocycles. The number of aliphatic hydroxyl groups is 1. The van der Waals surface area contributed by atoms with E-state index in [2.05, 4.69) is 6.58 Å². The van der Waals surface area contributed by atoms with Gasteiger partial charge in [-0.1, -0.05) is 6.58 Å². The lowest BCUT2D eigenvalue weighted by atomic mass is 10.3. The van der Waals surface area contributed by atoms with Crippen LogP contribution in [0.15, 0.2) is 12.2 Å². The zero-order chi connectivity index (χ0) is 9.84. The Hall–Kier alpha value is -0.870. The second-order valence-electron chi connectivity index (χ2n) is 3.16. The number of rotatable bonds is 3. The van der Waals surface area contributed by atoms with Gasteiger partial charge in [-0.05, 0) is 6.42 Å². The van der Waals surface area contributed by atoms with Crippen molar-refractivity contribution in [2.24, 2.45) is 0 Å². The smallest absolute Gasteiger partial charge is 0.251 e. The molecule has 1 saturated heterocycles. The molecule has 0 aromatic carbocycles. The number of amides is 1. The Labute approximate surface area is 77.8 Å². The number of hydrogen-bond donors (Lipinski definition) is 1. The zero-order valence-electron chi connectivity index (χ0n) is 7.82. The summed E-state index contributed by atoms with van der Waals surface area (Å²) in [5.74, 6) is -0.165. The Morgan fingerprint density at radius 3 is 2.92 bits per heavy atom. The minimum absolute atomic E-state index is 0.135. The van der Waals surface area contributed by atoms with E-state index >= 15 is 0 Å². The fraction of sp³-hybridized carbons (Fsp3) is 0.667. The summed E-state index contributed by atoms with van der Waals surface area (Å²) < 4.78 is 5.12. The summed E-state index contributed by atoms with van der Waals surface area (Å²) in [5.41, 5.74) is 0.247. The number of likely N-dealkylation sites (tertiary alicyclic amines) is 1. The Kier molecular flexibility index (Phi) is 3.45. The molecule has 13 heavy (non-hydrogen) atoms. The number of aliphatic hydroxyl groups excluding tert-OH is 1. The molecule has 4 heteroatoms. The van der Waals surface area contributed by atoms with Crippen LogP contribution in [0.4, 0.5) is 0 Å². The molecule has 0 spiro atoms. The van der Waals surface area contributed by atoms with Crippen LogP contribution in [0.5, 0.6) is 0 Å². The van der Waals surface area contributed by atoms with E-state index in [4.69, 9.17) is 9.84 Å². The first-order valence-corrected chi connectivity index (χ1v) is 4.29. The summed E-state index contributed by atoms with van der Waals surface area (Å²) >= 11 is 0. The second-order valence-corrected chi connectivity index (χ2v) is 3.16. The second kappa shape index (κ2) is 4.39. The highest BCUT2D eigenvalue weighted by atomic mass is 16.5. The number of nitrogens with zero attached hydrogens (tertiary/aromatic N) is 1. The van der Waals surface area contributed by atoms with Gasteiger partial charge in [-0.2, -0.15) is 0 Å². The maximum atomic E-state index is 11.4. The van der Waals surface area contributed by atoms with E-state index in [-0.39, 0.29) is 24.2 Å². The predicted octanol–water partition coefficient (Wildman–Crippen LogP) is -0.218. The van der Waals surface area contributed by atoms with Gasteiger partial charge in [0.05, 0.1) is 12.7 Å². The number of carbonyl (C=O) groups is 1. The molecule has 1 amide bonds. The lowest BCUT2D eigenvalue weighted by Crippen LogP contribution is -2.31. The molecular formula is C9H15NO3. The monoisotopic (exact) mass is 185 g/mol. The van der Waals surface area contributed by atoms with Crippen molar-refractivity contribution in [3.63, 3.8) is 0 Å². The van der Waals surface area contributed by atoms with E-state index < -0.39 is 0 Å². The Bertz CT molecular complexity index is 215. The lowest BCUT2D eigenvalue weighted by molar-refractivity contribution is -0.126. The van der Waals surface area contributed by atoms with E-state index in [0.717, 1.165) is 6.42 Å². The fourth-order valence-electron chi connectivity index (χ4n) is 1.40. The average molecular weight is 185 g/mol. The normalized spacial score (nSPS) is 22.0. The van der Waals surface area contributed by atoms with Crippen LogP contribution in [0.25, 0.3) is 0 Å².